The minimum Gasteiger partial charge on any atom is -0.490 e. The summed E-state index contributed by atoms with van der Waals surface area (Å²) in [6.45, 7) is 3.97. The number of allylic oxidation sites excluding steroid dienone is 4. The number of aryl methyl sites for hydroxylation is 1. The van der Waals surface area contributed by atoms with Crippen molar-refractivity contribution in [3.05, 3.63) is 74.5 Å². The largest absolute Gasteiger partial charge is 0.490 e. The highest BCUT2D eigenvalue weighted by Gasteiger charge is 2.40. The standard InChI is InChI=1S/C30H31BrN2O5/c1-3-37-25-15-18(14-19(31)30(25)38-16-26(36)33-20-9-5-4-8-17(20)2)27-28-21(10-6-12-23(28)34)32-22-11-7-13-24(35)29(22)27/h4-5,8-9,14-15,27,32H,3,6-7,10-13,16H2,1-2H3,(H,33,36). The zero-order valence-corrected chi connectivity index (χ0v) is 23.2. The smallest absolute Gasteiger partial charge is 0.262 e. The van der Waals surface area contributed by atoms with Gasteiger partial charge in [-0.05, 0) is 84.8 Å². The number of para-hydroxylation sites is 1. The number of hydrogen-bond acceptors (Lipinski definition) is 6. The van der Waals surface area contributed by atoms with Crippen molar-refractivity contribution >= 4 is 39.1 Å². The van der Waals surface area contributed by atoms with Crippen LogP contribution in [0.4, 0.5) is 5.69 Å². The van der Waals surface area contributed by atoms with Gasteiger partial charge in [-0.1, -0.05) is 18.2 Å². The van der Waals surface area contributed by atoms with Crippen LogP contribution in [0.25, 0.3) is 0 Å². The summed E-state index contributed by atoms with van der Waals surface area (Å²) in [4.78, 5) is 39.0. The highest BCUT2D eigenvalue weighted by Crippen LogP contribution is 2.48. The van der Waals surface area contributed by atoms with Crippen LogP contribution in [-0.4, -0.2) is 30.7 Å². The number of anilines is 1. The Morgan fingerprint density at radius 3 is 2.29 bits per heavy atom. The summed E-state index contributed by atoms with van der Waals surface area (Å²) in [6, 6.07) is 11.3. The van der Waals surface area contributed by atoms with E-state index in [1.54, 1.807) is 0 Å². The van der Waals surface area contributed by atoms with Gasteiger partial charge < -0.3 is 20.1 Å². The molecule has 1 aliphatic heterocycles. The Balaban J connectivity index is 1.48. The van der Waals surface area contributed by atoms with E-state index in [1.165, 1.54) is 0 Å². The van der Waals surface area contributed by atoms with Gasteiger partial charge in [-0.2, -0.15) is 0 Å². The lowest BCUT2D eigenvalue weighted by Crippen LogP contribution is -2.36. The molecule has 0 aromatic heterocycles. The summed E-state index contributed by atoms with van der Waals surface area (Å²) in [5.41, 5.74) is 5.72. The summed E-state index contributed by atoms with van der Waals surface area (Å²) < 4.78 is 12.5. The molecule has 2 aliphatic carbocycles. The molecule has 1 amide bonds. The second-order valence-corrected chi connectivity index (χ2v) is 10.7. The molecule has 198 valence electrons. The van der Waals surface area contributed by atoms with E-state index in [4.69, 9.17) is 9.47 Å². The number of rotatable bonds is 7. The van der Waals surface area contributed by atoms with Gasteiger partial charge in [-0.15, -0.1) is 0 Å². The first-order valence-corrected chi connectivity index (χ1v) is 13.9. The van der Waals surface area contributed by atoms with Gasteiger partial charge in [0.2, 0.25) is 0 Å². The second kappa shape index (κ2) is 11.2. The molecule has 0 saturated heterocycles. The summed E-state index contributed by atoms with van der Waals surface area (Å²) >= 11 is 3.62. The molecule has 0 spiro atoms. The molecule has 7 nitrogen and oxygen atoms in total. The maximum Gasteiger partial charge on any atom is 0.262 e. The Kier molecular flexibility index (Phi) is 7.70. The van der Waals surface area contributed by atoms with Gasteiger partial charge in [-0.25, -0.2) is 0 Å². The topological polar surface area (TPSA) is 93.7 Å². The van der Waals surface area contributed by atoms with Crippen LogP contribution in [-0.2, 0) is 14.4 Å². The van der Waals surface area contributed by atoms with Crippen LogP contribution in [0, 0.1) is 6.92 Å². The minimum atomic E-state index is -0.448. The number of hydrogen-bond donors (Lipinski definition) is 2. The van der Waals surface area contributed by atoms with Crippen LogP contribution in [0.1, 0.15) is 62.5 Å². The Morgan fingerprint density at radius 2 is 1.66 bits per heavy atom. The van der Waals surface area contributed by atoms with Crippen molar-refractivity contribution in [3.8, 4) is 11.5 Å². The van der Waals surface area contributed by atoms with E-state index >= 15 is 0 Å². The summed E-state index contributed by atoms with van der Waals surface area (Å²) in [6.07, 6.45) is 4.14. The van der Waals surface area contributed by atoms with Crippen molar-refractivity contribution < 1.29 is 23.9 Å². The lowest BCUT2D eigenvalue weighted by molar-refractivity contribution is -0.118. The van der Waals surface area contributed by atoms with Crippen molar-refractivity contribution in [1.29, 1.82) is 0 Å². The van der Waals surface area contributed by atoms with E-state index in [2.05, 4.69) is 26.6 Å². The van der Waals surface area contributed by atoms with Gasteiger partial charge in [0.25, 0.3) is 5.91 Å². The molecule has 2 N–H and O–H groups in total. The summed E-state index contributed by atoms with van der Waals surface area (Å²) in [5, 5.41) is 6.32. The fourth-order valence-corrected chi connectivity index (χ4v) is 6.09. The third-order valence-corrected chi connectivity index (χ3v) is 7.81. The lowest BCUT2D eigenvalue weighted by Gasteiger charge is -2.37. The number of Topliss-reactive ketones (excluding diaryl/α,β-unsaturated/α-hetero) is 2. The summed E-state index contributed by atoms with van der Waals surface area (Å²) in [7, 11) is 0. The normalized spacial score (nSPS) is 17.6. The van der Waals surface area contributed by atoms with Gasteiger partial charge in [0.15, 0.2) is 29.7 Å². The maximum atomic E-state index is 13.2. The van der Waals surface area contributed by atoms with E-state index in [0.717, 1.165) is 53.9 Å². The predicted molar refractivity (Wildman–Crippen MR) is 148 cm³/mol. The van der Waals surface area contributed by atoms with Crippen LogP contribution in [0.2, 0.25) is 0 Å². The molecule has 0 fully saturated rings. The van der Waals surface area contributed by atoms with Gasteiger partial charge in [0.05, 0.1) is 11.1 Å². The van der Waals surface area contributed by atoms with Crippen molar-refractivity contribution in [2.75, 3.05) is 18.5 Å². The van der Waals surface area contributed by atoms with Gasteiger partial charge in [0.1, 0.15) is 0 Å². The number of carbonyl (C=O) groups excluding carboxylic acids is 3. The van der Waals surface area contributed by atoms with Crippen molar-refractivity contribution in [2.24, 2.45) is 0 Å². The number of nitrogens with one attached hydrogen (secondary N) is 2. The van der Waals surface area contributed by atoms with Crippen LogP contribution < -0.4 is 20.1 Å². The quantitative estimate of drug-likeness (QED) is 0.426. The average Bonchev–Trinajstić information content (AvgIpc) is 2.89. The molecule has 0 saturated carbocycles. The van der Waals surface area contributed by atoms with E-state index in [1.807, 2.05) is 50.2 Å². The number of carbonyl (C=O) groups is 3. The van der Waals surface area contributed by atoms with Crippen LogP contribution >= 0.6 is 15.9 Å². The highest BCUT2D eigenvalue weighted by atomic mass is 79.9. The second-order valence-electron chi connectivity index (χ2n) is 9.81. The van der Waals surface area contributed by atoms with Crippen LogP contribution in [0.5, 0.6) is 11.5 Å². The lowest BCUT2D eigenvalue weighted by atomic mass is 9.71. The Bertz CT molecular complexity index is 1330. The molecule has 5 rings (SSSR count). The van der Waals surface area contributed by atoms with Gasteiger partial charge in [0, 0.05) is 47.0 Å². The fourth-order valence-electron chi connectivity index (χ4n) is 5.51. The van der Waals surface area contributed by atoms with Crippen LogP contribution in [0.3, 0.4) is 0 Å². The molecule has 0 unspecified atom stereocenters. The Hall–Kier alpha value is -3.39. The number of halogens is 1. The Labute approximate surface area is 230 Å². The first-order valence-electron chi connectivity index (χ1n) is 13.1. The Morgan fingerprint density at radius 1 is 1.00 bits per heavy atom. The molecule has 1 heterocycles. The van der Waals surface area contributed by atoms with Crippen molar-refractivity contribution in [2.45, 2.75) is 58.3 Å². The monoisotopic (exact) mass is 578 g/mol. The average molecular weight is 579 g/mol. The van der Waals surface area contributed by atoms with E-state index in [-0.39, 0.29) is 24.1 Å². The van der Waals surface area contributed by atoms with Crippen molar-refractivity contribution in [3.63, 3.8) is 0 Å². The number of benzene rings is 2. The third kappa shape index (κ3) is 5.14. The molecule has 0 bridgehead atoms. The first kappa shape index (κ1) is 26.2. The molecule has 0 radical (unpaired) electrons. The van der Waals surface area contributed by atoms with Crippen molar-refractivity contribution in [1.82, 2.24) is 5.32 Å². The number of ketones is 2. The zero-order valence-electron chi connectivity index (χ0n) is 21.6. The molecule has 3 aliphatic rings. The maximum absolute atomic E-state index is 13.2. The first-order chi connectivity index (χ1) is 18.4. The molecule has 38 heavy (non-hydrogen) atoms. The fraction of sp³-hybridized carbons (Fsp3) is 0.367. The molecule has 8 heteroatoms. The third-order valence-electron chi connectivity index (χ3n) is 7.22. The molecular formula is C30H31BrN2O5. The van der Waals surface area contributed by atoms with E-state index in [0.29, 0.717) is 46.6 Å². The molecule has 2 aromatic rings. The number of amides is 1. The molecule has 0 atom stereocenters. The summed E-state index contributed by atoms with van der Waals surface area (Å²) in [5.74, 6) is 0.275. The number of ether oxygens (including phenoxy) is 2. The van der Waals surface area contributed by atoms with Gasteiger partial charge in [-0.3, -0.25) is 14.4 Å². The van der Waals surface area contributed by atoms with Crippen LogP contribution in [0.15, 0.2) is 63.4 Å². The van der Waals surface area contributed by atoms with Gasteiger partial charge >= 0.3 is 0 Å². The molecule has 2 aromatic carbocycles. The molecular weight excluding hydrogens is 548 g/mol. The van der Waals surface area contributed by atoms with E-state index < -0.39 is 5.92 Å². The highest BCUT2D eigenvalue weighted by molar-refractivity contribution is 9.10. The SMILES string of the molecule is CCOc1cc(C2C3=C(CCCC3=O)NC3=C2C(=O)CCC3)cc(Br)c1OCC(=O)Nc1ccccc1C. The zero-order chi connectivity index (χ0) is 26.8. The minimum absolute atomic E-state index is 0.0796. The predicted octanol–water partition coefficient (Wildman–Crippen LogP) is 5.87. The number of dihydropyridines is 1. The van der Waals surface area contributed by atoms with E-state index in [9.17, 15) is 14.4 Å².